The molecule has 0 saturated carbocycles. The van der Waals surface area contributed by atoms with Gasteiger partial charge >= 0.3 is 0 Å². The van der Waals surface area contributed by atoms with Crippen LogP contribution in [0.5, 0.6) is 0 Å². The largest absolute Gasteiger partial charge is 0.352 e. The number of rotatable bonds is 5. The highest BCUT2D eigenvalue weighted by Gasteiger charge is 2.24. The Kier molecular flexibility index (Phi) is 9.01. The van der Waals surface area contributed by atoms with Gasteiger partial charge in [0.2, 0.25) is 0 Å². The summed E-state index contributed by atoms with van der Waals surface area (Å²) in [4.78, 5) is 12.2. The van der Waals surface area contributed by atoms with E-state index in [4.69, 9.17) is 11.6 Å². The summed E-state index contributed by atoms with van der Waals surface area (Å²) in [5.41, 5.74) is 1.10. The van der Waals surface area contributed by atoms with Crippen molar-refractivity contribution in [1.29, 1.82) is 0 Å². The van der Waals surface area contributed by atoms with Crippen molar-refractivity contribution in [3.8, 4) is 0 Å². The van der Waals surface area contributed by atoms with Crippen LogP contribution in [0, 0.1) is 5.92 Å². The van der Waals surface area contributed by atoms with E-state index < -0.39 is 0 Å². The van der Waals surface area contributed by atoms with E-state index in [0.717, 1.165) is 30.4 Å². The number of guanidine groups is 1. The van der Waals surface area contributed by atoms with Gasteiger partial charge in [-0.05, 0) is 36.1 Å². The minimum atomic E-state index is 0. The zero-order valence-corrected chi connectivity index (χ0v) is 18.7. The van der Waals surface area contributed by atoms with E-state index in [1.54, 1.807) is 6.20 Å². The van der Waals surface area contributed by atoms with Crippen LogP contribution in [0.2, 0.25) is 5.15 Å². The van der Waals surface area contributed by atoms with Crippen molar-refractivity contribution in [1.82, 2.24) is 15.2 Å². The molecule has 0 radical (unpaired) electrons. The first-order valence-corrected chi connectivity index (χ1v) is 9.85. The predicted molar refractivity (Wildman–Crippen MR) is 122 cm³/mol. The van der Waals surface area contributed by atoms with Gasteiger partial charge in [-0.2, -0.15) is 0 Å². The SMILES string of the molecule is CN=C(NCc1ccc(Cl)nc1)N1CCC(CSc2ccccc2)C1.I. The fourth-order valence-corrected chi connectivity index (χ4v) is 4.08. The molecule has 0 aliphatic carbocycles. The standard InChI is InChI=1S/C19H23ClN4S.HI/c1-21-19(23-12-15-7-8-18(20)22-11-15)24-10-9-16(13-24)14-25-17-5-3-2-4-6-17;/h2-8,11,16H,9-10,12-14H2,1H3,(H,21,23);1H. The molecule has 1 fully saturated rings. The van der Waals surface area contributed by atoms with E-state index in [0.29, 0.717) is 17.6 Å². The van der Waals surface area contributed by atoms with Gasteiger partial charge in [-0.3, -0.25) is 4.99 Å². The van der Waals surface area contributed by atoms with E-state index in [2.05, 4.69) is 50.5 Å². The molecule has 1 saturated heterocycles. The van der Waals surface area contributed by atoms with Crippen LogP contribution in [0.25, 0.3) is 0 Å². The van der Waals surface area contributed by atoms with Gasteiger partial charge in [0, 0.05) is 43.5 Å². The minimum absolute atomic E-state index is 0. The number of thioether (sulfide) groups is 1. The number of benzene rings is 1. The zero-order valence-electron chi connectivity index (χ0n) is 14.8. The number of halogens is 2. The Morgan fingerprint density at radius 3 is 2.81 bits per heavy atom. The highest BCUT2D eigenvalue weighted by atomic mass is 127. The number of pyridine rings is 1. The Hall–Kier alpha value is -0.990. The summed E-state index contributed by atoms with van der Waals surface area (Å²) in [6, 6.07) is 14.4. The molecule has 2 heterocycles. The van der Waals surface area contributed by atoms with Gasteiger partial charge in [-0.15, -0.1) is 35.7 Å². The van der Waals surface area contributed by atoms with Crippen molar-refractivity contribution in [3.05, 3.63) is 59.4 Å². The van der Waals surface area contributed by atoms with E-state index >= 15 is 0 Å². The van der Waals surface area contributed by atoms with Crippen LogP contribution in [0.1, 0.15) is 12.0 Å². The van der Waals surface area contributed by atoms with Crippen LogP contribution in [0.15, 0.2) is 58.5 Å². The summed E-state index contributed by atoms with van der Waals surface area (Å²) >= 11 is 7.77. The van der Waals surface area contributed by atoms with Crippen molar-refractivity contribution in [2.24, 2.45) is 10.9 Å². The molecule has 1 N–H and O–H groups in total. The Bertz CT molecular complexity index is 696. The van der Waals surface area contributed by atoms with Crippen LogP contribution in [0.3, 0.4) is 0 Å². The molecule has 7 heteroatoms. The van der Waals surface area contributed by atoms with Crippen LogP contribution in [-0.4, -0.2) is 41.7 Å². The van der Waals surface area contributed by atoms with E-state index in [-0.39, 0.29) is 24.0 Å². The fraction of sp³-hybridized carbons (Fsp3) is 0.368. The molecule has 1 unspecified atom stereocenters. The summed E-state index contributed by atoms with van der Waals surface area (Å²) in [6.07, 6.45) is 3.01. The molecule has 0 bridgehead atoms. The van der Waals surface area contributed by atoms with Gasteiger partial charge in [-0.1, -0.05) is 35.9 Å². The molecule has 1 aliphatic rings. The lowest BCUT2D eigenvalue weighted by Crippen LogP contribution is -2.39. The normalized spacial score (nSPS) is 17.1. The third kappa shape index (κ3) is 6.32. The third-order valence-electron chi connectivity index (χ3n) is 4.27. The van der Waals surface area contributed by atoms with E-state index in [1.165, 1.54) is 11.3 Å². The Labute approximate surface area is 181 Å². The summed E-state index contributed by atoms with van der Waals surface area (Å²) in [6.45, 7) is 2.81. The average Bonchev–Trinajstić information content (AvgIpc) is 3.12. The molecule has 4 nitrogen and oxygen atoms in total. The number of likely N-dealkylation sites (tertiary alicyclic amines) is 1. The first kappa shape index (κ1) is 21.3. The van der Waals surface area contributed by atoms with E-state index in [9.17, 15) is 0 Å². The van der Waals surface area contributed by atoms with Crippen molar-refractivity contribution >= 4 is 53.3 Å². The maximum Gasteiger partial charge on any atom is 0.193 e. The third-order valence-corrected chi connectivity index (χ3v) is 5.73. The zero-order chi connectivity index (χ0) is 17.5. The second-order valence-corrected chi connectivity index (χ2v) is 7.60. The maximum atomic E-state index is 5.83. The maximum absolute atomic E-state index is 5.83. The molecule has 3 rings (SSSR count). The highest BCUT2D eigenvalue weighted by molar-refractivity contribution is 14.0. The average molecular weight is 503 g/mol. The fourth-order valence-electron chi connectivity index (χ4n) is 2.92. The quantitative estimate of drug-likeness (QED) is 0.214. The molecular formula is C19H24ClIN4S. The minimum Gasteiger partial charge on any atom is -0.352 e. The smallest absolute Gasteiger partial charge is 0.193 e. The summed E-state index contributed by atoms with van der Waals surface area (Å²) in [5, 5.41) is 3.95. The van der Waals surface area contributed by atoms with Gasteiger partial charge in [0.15, 0.2) is 5.96 Å². The first-order chi connectivity index (χ1) is 12.2. The second kappa shape index (κ2) is 11.0. The number of aliphatic imine (C=N–C) groups is 1. The number of hydrogen-bond donors (Lipinski definition) is 1. The Morgan fingerprint density at radius 1 is 1.31 bits per heavy atom. The number of hydrogen-bond acceptors (Lipinski definition) is 3. The van der Waals surface area contributed by atoms with Crippen LogP contribution >= 0.6 is 47.3 Å². The molecule has 0 amide bonds. The molecule has 1 aromatic heterocycles. The monoisotopic (exact) mass is 502 g/mol. The number of nitrogens with one attached hydrogen (secondary N) is 1. The lowest BCUT2D eigenvalue weighted by Gasteiger charge is -2.21. The van der Waals surface area contributed by atoms with Crippen LogP contribution in [-0.2, 0) is 6.54 Å². The molecule has 26 heavy (non-hydrogen) atoms. The number of aromatic nitrogens is 1. The van der Waals surface area contributed by atoms with Gasteiger partial charge in [0.1, 0.15) is 5.15 Å². The van der Waals surface area contributed by atoms with Crippen LogP contribution < -0.4 is 5.32 Å². The lowest BCUT2D eigenvalue weighted by molar-refractivity contribution is 0.474. The topological polar surface area (TPSA) is 40.5 Å². The second-order valence-electron chi connectivity index (χ2n) is 6.11. The summed E-state index contributed by atoms with van der Waals surface area (Å²) < 4.78 is 0. The molecule has 1 atom stereocenters. The molecule has 140 valence electrons. The van der Waals surface area contributed by atoms with Crippen molar-refractivity contribution in [2.45, 2.75) is 17.9 Å². The number of nitrogens with zero attached hydrogens (tertiary/aromatic N) is 3. The first-order valence-electron chi connectivity index (χ1n) is 8.48. The van der Waals surface area contributed by atoms with Gasteiger partial charge in [0.25, 0.3) is 0 Å². The Balaban J connectivity index is 0.00000243. The summed E-state index contributed by atoms with van der Waals surface area (Å²) in [7, 11) is 1.84. The van der Waals surface area contributed by atoms with Crippen molar-refractivity contribution in [2.75, 3.05) is 25.9 Å². The lowest BCUT2D eigenvalue weighted by atomic mass is 10.2. The van der Waals surface area contributed by atoms with Crippen LogP contribution in [0.4, 0.5) is 0 Å². The molecular weight excluding hydrogens is 479 g/mol. The Morgan fingerprint density at radius 2 is 2.12 bits per heavy atom. The molecule has 1 aliphatic heterocycles. The van der Waals surface area contributed by atoms with Gasteiger partial charge < -0.3 is 10.2 Å². The van der Waals surface area contributed by atoms with E-state index in [1.807, 2.05) is 30.9 Å². The van der Waals surface area contributed by atoms with Crippen molar-refractivity contribution in [3.63, 3.8) is 0 Å². The molecule has 2 aromatic rings. The molecule has 0 spiro atoms. The molecule has 1 aromatic carbocycles. The van der Waals surface area contributed by atoms with Gasteiger partial charge in [-0.25, -0.2) is 4.98 Å². The summed E-state index contributed by atoms with van der Waals surface area (Å²) in [5.74, 6) is 2.81. The predicted octanol–water partition coefficient (Wildman–Crippen LogP) is 4.54. The van der Waals surface area contributed by atoms with Crippen molar-refractivity contribution < 1.29 is 0 Å². The highest BCUT2D eigenvalue weighted by Crippen LogP contribution is 2.25. The van der Waals surface area contributed by atoms with Gasteiger partial charge in [0.05, 0.1) is 0 Å².